The van der Waals surface area contributed by atoms with E-state index in [2.05, 4.69) is 10.6 Å². The van der Waals surface area contributed by atoms with Crippen LogP contribution in [0.3, 0.4) is 0 Å². The fraction of sp³-hybridized carbons (Fsp3) is 0.900. The number of amides is 1. The summed E-state index contributed by atoms with van der Waals surface area (Å²) in [5.74, 6) is 0.916. The Labute approximate surface area is 80.3 Å². The summed E-state index contributed by atoms with van der Waals surface area (Å²) in [6.45, 7) is 6.20. The van der Waals surface area contributed by atoms with Gasteiger partial charge in [-0.25, -0.2) is 0 Å². The molecule has 1 fully saturated rings. The minimum atomic E-state index is 0.196. The maximum atomic E-state index is 11.3. The fourth-order valence-electron chi connectivity index (χ4n) is 1.69. The minimum Gasteiger partial charge on any atom is -0.354 e. The average molecular weight is 184 g/mol. The van der Waals surface area contributed by atoms with Crippen molar-refractivity contribution < 1.29 is 4.79 Å². The van der Waals surface area contributed by atoms with Crippen LogP contribution in [0.25, 0.3) is 0 Å². The van der Waals surface area contributed by atoms with E-state index in [1.165, 1.54) is 6.42 Å². The van der Waals surface area contributed by atoms with E-state index in [1.807, 2.05) is 13.8 Å². The first-order valence-corrected chi connectivity index (χ1v) is 5.18. The monoisotopic (exact) mass is 184 g/mol. The SMILES string of the molecule is CC(C)NC(=O)CCC1CCNC1. The predicted molar refractivity (Wildman–Crippen MR) is 53.5 cm³/mol. The van der Waals surface area contributed by atoms with Crippen molar-refractivity contribution in [3.63, 3.8) is 0 Å². The van der Waals surface area contributed by atoms with Crippen molar-refractivity contribution in [3.05, 3.63) is 0 Å². The zero-order valence-electron chi connectivity index (χ0n) is 8.60. The van der Waals surface area contributed by atoms with E-state index >= 15 is 0 Å². The van der Waals surface area contributed by atoms with Crippen LogP contribution in [0.5, 0.6) is 0 Å². The van der Waals surface area contributed by atoms with Crippen LogP contribution in [0, 0.1) is 5.92 Å². The highest BCUT2D eigenvalue weighted by Gasteiger charge is 2.15. The number of hydrogen-bond donors (Lipinski definition) is 2. The summed E-state index contributed by atoms with van der Waals surface area (Å²) in [5, 5.41) is 6.21. The van der Waals surface area contributed by atoms with Crippen molar-refractivity contribution in [1.82, 2.24) is 10.6 Å². The lowest BCUT2D eigenvalue weighted by Gasteiger charge is -2.10. The molecule has 0 saturated carbocycles. The lowest BCUT2D eigenvalue weighted by Crippen LogP contribution is -2.30. The number of rotatable bonds is 4. The quantitative estimate of drug-likeness (QED) is 0.681. The second-order valence-electron chi connectivity index (χ2n) is 4.12. The number of hydrogen-bond acceptors (Lipinski definition) is 2. The van der Waals surface area contributed by atoms with E-state index < -0.39 is 0 Å². The fourth-order valence-corrected chi connectivity index (χ4v) is 1.69. The molecule has 0 radical (unpaired) electrons. The Morgan fingerprint density at radius 3 is 2.92 bits per heavy atom. The molecule has 1 atom stereocenters. The van der Waals surface area contributed by atoms with Gasteiger partial charge in [0.05, 0.1) is 0 Å². The number of nitrogens with one attached hydrogen (secondary N) is 2. The van der Waals surface area contributed by atoms with E-state index in [9.17, 15) is 4.79 Å². The van der Waals surface area contributed by atoms with Gasteiger partial charge in [0, 0.05) is 12.5 Å². The van der Waals surface area contributed by atoms with Gasteiger partial charge in [-0.3, -0.25) is 4.79 Å². The van der Waals surface area contributed by atoms with Gasteiger partial charge < -0.3 is 10.6 Å². The summed E-state index contributed by atoms with van der Waals surface area (Å²) < 4.78 is 0. The van der Waals surface area contributed by atoms with Gasteiger partial charge in [-0.1, -0.05) is 0 Å². The Bertz CT molecular complexity index is 162. The Morgan fingerprint density at radius 1 is 1.62 bits per heavy atom. The molecule has 2 N–H and O–H groups in total. The van der Waals surface area contributed by atoms with Crippen LogP contribution in [-0.2, 0) is 4.79 Å². The molecule has 1 saturated heterocycles. The molecule has 0 aromatic rings. The van der Waals surface area contributed by atoms with Crippen LogP contribution in [-0.4, -0.2) is 25.0 Å². The molecule has 13 heavy (non-hydrogen) atoms. The third-order valence-electron chi connectivity index (χ3n) is 2.39. The first kappa shape index (κ1) is 10.5. The van der Waals surface area contributed by atoms with Gasteiger partial charge in [0.2, 0.25) is 5.91 Å². The van der Waals surface area contributed by atoms with Crippen LogP contribution < -0.4 is 10.6 Å². The summed E-state index contributed by atoms with van der Waals surface area (Å²) in [6, 6.07) is 0.272. The molecule has 76 valence electrons. The smallest absolute Gasteiger partial charge is 0.220 e. The van der Waals surface area contributed by atoms with Crippen molar-refractivity contribution in [2.45, 2.75) is 39.2 Å². The van der Waals surface area contributed by atoms with E-state index in [4.69, 9.17) is 0 Å². The van der Waals surface area contributed by atoms with Gasteiger partial charge in [0.1, 0.15) is 0 Å². The molecule has 1 unspecified atom stereocenters. The standard InChI is InChI=1S/C10H20N2O/c1-8(2)12-10(13)4-3-9-5-6-11-7-9/h8-9,11H,3-7H2,1-2H3,(H,12,13). The van der Waals surface area contributed by atoms with Gasteiger partial charge in [0.15, 0.2) is 0 Å². The topological polar surface area (TPSA) is 41.1 Å². The Balaban J connectivity index is 2.07. The van der Waals surface area contributed by atoms with Gasteiger partial charge in [-0.2, -0.15) is 0 Å². The second kappa shape index (κ2) is 5.22. The van der Waals surface area contributed by atoms with E-state index in [0.717, 1.165) is 25.4 Å². The molecular formula is C10H20N2O. The first-order valence-electron chi connectivity index (χ1n) is 5.18. The van der Waals surface area contributed by atoms with Crippen LogP contribution >= 0.6 is 0 Å². The van der Waals surface area contributed by atoms with Crippen molar-refractivity contribution >= 4 is 5.91 Å². The summed E-state index contributed by atoms with van der Waals surface area (Å²) in [6.07, 6.45) is 2.95. The van der Waals surface area contributed by atoms with E-state index in [0.29, 0.717) is 6.42 Å². The molecule has 0 bridgehead atoms. The minimum absolute atomic E-state index is 0.196. The number of carbonyl (C=O) groups is 1. The highest BCUT2D eigenvalue weighted by atomic mass is 16.1. The summed E-state index contributed by atoms with van der Waals surface area (Å²) in [7, 11) is 0. The Hall–Kier alpha value is -0.570. The predicted octanol–water partition coefficient (Wildman–Crippen LogP) is 0.901. The normalized spacial score (nSPS) is 22.2. The molecule has 0 spiro atoms. The van der Waals surface area contributed by atoms with Crippen molar-refractivity contribution in [1.29, 1.82) is 0 Å². The largest absolute Gasteiger partial charge is 0.354 e. The lowest BCUT2D eigenvalue weighted by atomic mass is 10.0. The molecular weight excluding hydrogens is 164 g/mol. The van der Waals surface area contributed by atoms with Gasteiger partial charge in [-0.15, -0.1) is 0 Å². The number of carbonyl (C=O) groups excluding carboxylic acids is 1. The zero-order chi connectivity index (χ0) is 9.68. The van der Waals surface area contributed by atoms with Gasteiger partial charge in [-0.05, 0) is 45.7 Å². The summed E-state index contributed by atoms with van der Waals surface area (Å²) in [5.41, 5.74) is 0. The van der Waals surface area contributed by atoms with E-state index in [-0.39, 0.29) is 11.9 Å². The van der Waals surface area contributed by atoms with E-state index in [1.54, 1.807) is 0 Å². The maximum absolute atomic E-state index is 11.3. The van der Waals surface area contributed by atoms with Gasteiger partial charge >= 0.3 is 0 Å². The molecule has 0 aromatic carbocycles. The average Bonchev–Trinajstić information content (AvgIpc) is 2.51. The Kier molecular flexibility index (Phi) is 4.22. The third kappa shape index (κ3) is 4.27. The zero-order valence-corrected chi connectivity index (χ0v) is 8.60. The third-order valence-corrected chi connectivity index (χ3v) is 2.39. The van der Waals surface area contributed by atoms with Crippen LogP contribution in [0.1, 0.15) is 33.1 Å². The van der Waals surface area contributed by atoms with Crippen LogP contribution in [0.4, 0.5) is 0 Å². The molecule has 1 amide bonds. The van der Waals surface area contributed by atoms with Crippen LogP contribution in [0.15, 0.2) is 0 Å². The molecule has 3 heteroatoms. The second-order valence-corrected chi connectivity index (χ2v) is 4.12. The first-order chi connectivity index (χ1) is 6.18. The molecule has 0 aliphatic carbocycles. The summed E-state index contributed by atoms with van der Waals surface area (Å²) in [4.78, 5) is 11.3. The molecule has 1 rings (SSSR count). The highest BCUT2D eigenvalue weighted by Crippen LogP contribution is 2.13. The summed E-state index contributed by atoms with van der Waals surface area (Å²) >= 11 is 0. The molecule has 1 heterocycles. The van der Waals surface area contributed by atoms with Crippen molar-refractivity contribution in [2.24, 2.45) is 5.92 Å². The molecule has 3 nitrogen and oxygen atoms in total. The molecule has 1 aliphatic rings. The Morgan fingerprint density at radius 2 is 2.38 bits per heavy atom. The van der Waals surface area contributed by atoms with Crippen LogP contribution in [0.2, 0.25) is 0 Å². The molecule has 1 aliphatic heterocycles. The van der Waals surface area contributed by atoms with Crippen molar-refractivity contribution in [2.75, 3.05) is 13.1 Å². The lowest BCUT2D eigenvalue weighted by molar-refractivity contribution is -0.121. The molecule has 0 aromatic heterocycles. The maximum Gasteiger partial charge on any atom is 0.220 e. The van der Waals surface area contributed by atoms with Gasteiger partial charge in [0.25, 0.3) is 0 Å². The van der Waals surface area contributed by atoms with Crippen molar-refractivity contribution in [3.8, 4) is 0 Å². The highest BCUT2D eigenvalue weighted by molar-refractivity contribution is 5.76.